The molecule has 0 aliphatic rings. The van der Waals surface area contributed by atoms with Crippen molar-refractivity contribution in [3.63, 3.8) is 0 Å². The van der Waals surface area contributed by atoms with Gasteiger partial charge in [0.25, 0.3) is 0 Å². The first-order valence-electron chi connectivity index (χ1n) is 5.29. The zero-order valence-electron chi connectivity index (χ0n) is 9.16. The molecule has 2 nitrogen and oxygen atoms in total. The highest BCUT2D eigenvalue weighted by Crippen LogP contribution is 2.26. The van der Waals surface area contributed by atoms with E-state index in [1.807, 2.05) is 25.1 Å². The van der Waals surface area contributed by atoms with Crippen molar-refractivity contribution in [2.24, 2.45) is 0 Å². The minimum Gasteiger partial charge on any atom is -0.455 e. The summed E-state index contributed by atoms with van der Waals surface area (Å²) < 4.78 is 5.75. The van der Waals surface area contributed by atoms with Gasteiger partial charge in [-0.05, 0) is 30.7 Å². The van der Waals surface area contributed by atoms with E-state index in [-0.39, 0.29) is 5.43 Å². The largest absolute Gasteiger partial charge is 0.455 e. The molecule has 0 unspecified atom stereocenters. The van der Waals surface area contributed by atoms with Gasteiger partial charge in [0.2, 0.25) is 5.43 Å². The van der Waals surface area contributed by atoms with E-state index in [1.54, 1.807) is 18.2 Å². The summed E-state index contributed by atoms with van der Waals surface area (Å²) in [5.41, 5.74) is 2.00. The molecule has 0 bridgehead atoms. The molecule has 0 aliphatic carbocycles. The first-order valence-corrected chi connectivity index (χ1v) is 5.67. The van der Waals surface area contributed by atoms with Crippen LogP contribution in [-0.2, 0) is 0 Å². The molecule has 0 saturated heterocycles. The van der Waals surface area contributed by atoms with Crippen molar-refractivity contribution in [3.8, 4) is 0 Å². The van der Waals surface area contributed by atoms with E-state index in [0.717, 1.165) is 5.56 Å². The zero-order valence-corrected chi connectivity index (χ0v) is 9.91. The molecule has 1 heterocycles. The Kier molecular flexibility index (Phi) is 2.20. The lowest BCUT2D eigenvalue weighted by Gasteiger charge is -2.04. The van der Waals surface area contributed by atoms with Gasteiger partial charge in [-0.2, -0.15) is 0 Å². The molecule has 3 heteroatoms. The summed E-state index contributed by atoms with van der Waals surface area (Å²) in [6, 6.07) is 10.8. The molecule has 0 fully saturated rings. The maximum atomic E-state index is 12.3. The van der Waals surface area contributed by atoms with Crippen LogP contribution in [0.1, 0.15) is 5.56 Å². The van der Waals surface area contributed by atoms with E-state index < -0.39 is 0 Å². The fourth-order valence-corrected chi connectivity index (χ4v) is 2.23. The molecule has 0 saturated carbocycles. The maximum absolute atomic E-state index is 12.3. The first-order chi connectivity index (χ1) is 8.18. The average Bonchev–Trinajstić information content (AvgIpc) is 2.34. The van der Waals surface area contributed by atoms with E-state index in [2.05, 4.69) is 0 Å². The topological polar surface area (TPSA) is 30.2 Å². The number of benzene rings is 2. The molecular weight excluding hydrogens is 236 g/mol. The molecule has 1 aromatic heterocycles. The number of fused-ring (bicyclic) bond motifs is 2. The van der Waals surface area contributed by atoms with Crippen LogP contribution in [0.4, 0.5) is 0 Å². The Hall–Kier alpha value is -1.80. The highest BCUT2D eigenvalue weighted by atomic mass is 35.5. The highest BCUT2D eigenvalue weighted by molar-refractivity contribution is 6.35. The quantitative estimate of drug-likeness (QED) is 0.561. The fourth-order valence-electron chi connectivity index (χ4n) is 1.99. The molecule has 3 rings (SSSR count). The molecule has 0 spiro atoms. The molecule has 0 atom stereocenters. The lowest BCUT2D eigenvalue weighted by Crippen LogP contribution is -2.03. The lowest BCUT2D eigenvalue weighted by atomic mass is 10.1. The Bertz CT molecular complexity index is 787. The minimum absolute atomic E-state index is 0.0736. The third kappa shape index (κ3) is 1.45. The zero-order chi connectivity index (χ0) is 12.0. The number of hydrogen-bond acceptors (Lipinski definition) is 2. The number of aryl methyl sites for hydroxylation is 1. The summed E-state index contributed by atoms with van der Waals surface area (Å²) >= 11 is 6.07. The van der Waals surface area contributed by atoms with Crippen LogP contribution in [0.15, 0.2) is 45.6 Å². The molecule has 3 aromatic rings. The van der Waals surface area contributed by atoms with Crippen molar-refractivity contribution in [2.75, 3.05) is 0 Å². The van der Waals surface area contributed by atoms with Crippen molar-refractivity contribution >= 4 is 33.5 Å². The van der Waals surface area contributed by atoms with Crippen molar-refractivity contribution < 1.29 is 4.42 Å². The predicted octanol–water partition coefficient (Wildman–Crippen LogP) is 3.91. The molecule has 0 amide bonds. The molecule has 0 N–H and O–H groups in total. The summed E-state index contributed by atoms with van der Waals surface area (Å²) in [6.07, 6.45) is 0. The molecule has 2 aromatic carbocycles. The van der Waals surface area contributed by atoms with E-state index >= 15 is 0 Å². The number of para-hydroxylation sites is 1. The lowest BCUT2D eigenvalue weighted by molar-refractivity contribution is 0.657. The van der Waals surface area contributed by atoms with Crippen LogP contribution < -0.4 is 5.43 Å². The van der Waals surface area contributed by atoms with Crippen molar-refractivity contribution in [3.05, 3.63) is 57.2 Å². The number of halogens is 1. The monoisotopic (exact) mass is 244 g/mol. The minimum atomic E-state index is -0.0736. The maximum Gasteiger partial charge on any atom is 0.202 e. The van der Waals surface area contributed by atoms with Crippen molar-refractivity contribution in [2.45, 2.75) is 6.92 Å². The Morgan fingerprint density at radius 3 is 2.71 bits per heavy atom. The van der Waals surface area contributed by atoms with Gasteiger partial charge in [-0.15, -0.1) is 0 Å². The number of hydrogen-bond donors (Lipinski definition) is 0. The van der Waals surface area contributed by atoms with Crippen LogP contribution in [0.3, 0.4) is 0 Å². The summed E-state index contributed by atoms with van der Waals surface area (Å²) in [4.78, 5) is 12.3. The Labute approximate surface area is 102 Å². The molecule has 17 heavy (non-hydrogen) atoms. The molecular formula is C14H9ClO2. The smallest absolute Gasteiger partial charge is 0.202 e. The van der Waals surface area contributed by atoms with Crippen molar-refractivity contribution in [1.82, 2.24) is 0 Å². The second kappa shape index (κ2) is 3.60. The number of rotatable bonds is 0. The standard InChI is InChI=1S/C14H9ClO2/c1-8-6-7-10(15)12-13(16)9-4-2-3-5-11(9)17-14(8)12/h2-7H,1H3. The second-order valence-corrected chi connectivity index (χ2v) is 4.40. The first kappa shape index (κ1) is 10.4. The molecule has 0 radical (unpaired) electrons. The molecule has 0 aliphatic heterocycles. The van der Waals surface area contributed by atoms with Crippen LogP contribution in [-0.4, -0.2) is 0 Å². The van der Waals surface area contributed by atoms with Gasteiger partial charge in [-0.25, -0.2) is 0 Å². The highest BCUT2D eigenvalue weighted by Gasteiger charge is 2.11. The van der Waals surface area contributed by atoms with Gasteiger partial charge >= 0.3 is 0 Å². The van der Waals surface area contributed by atoms with Crippen LogP contribution in [0.25, 0.3) is 21.9 Å². The van der Waals surface area contributed by atoms with Crippen LogP contribution >= 0.6 is 11.6 Å². The predicted molar refractivity (Wildman–Crippen MR) is 69.7 cm³/mol. The summed E-state index contributed by atoms with van der Waals surface area (Å²) in [6.45, 7) is 1.90. The third-order valence-electron chi connectivity index (χ3n) is 2.87. The average molecular weight is 245 g/mol. The van der Waals surface area contributed by atoms with Gasteiger partial charge in [0.1, 0.15) is 11.2 Å². The van der Waals surface area contributed by atoms with Gasteiger partial charge in [-0.1, -0.05) is 29.8 Å². The summed E-state index contributed by atoms with van der Waals surface area (Å²) in [5, 5.41) is 1.46. The van der Waals surface area contributed by atoms with Gasteiger partial charge < -0.3 is 4.42 Å². The van der Waals surface area contributed by atoms with Crippen molar-refractivity contribution in [1.29, 1.82) is 0 Å². The van der Waals surface area contributed by atoms with Gasteiger partial charge in [0.05, 0.1) is 15.8 Å². The Morgan fingerprint density at radius 1 is 1.12 bits per heavy atom. The van der Waals surface area contributed by atoms with Gasteiger partial charge in [0, 0.05) is 0 Å². The van der Waals surface area contributed by atoms with E-state index in [0.29, 0.717) is 27.0 Å². The van der Waals surface area contributed by atoms with Crippen LogP contribution in [0.2, 0.25) is 5.02 Å². The van der Waals surface area contributed by atoms with E-state index in [9.17, 15) is 4.79 Å². The van der Waals surface area contributed by atoms with Gasteiger partial charge in [-0.3, -0.25) is 4.79 Å². The van der Waals surface area contributed by atoms with Crippen LogP contribution in [0.5, 0.6) is 0 Å². The normalized spacial score (nSPS) is 11.2. The van der Waals surface area contributed by atoms with E-state index in [4.69, 9.17) is 16.0 Å². The summed E-state index contributed by atoms with van der Waals surface area (Å²) in [7, 11) is 0. The molecule has 84 valence electrons. The second-order valence-electron chi connectivity index (χ2n) is 4.00. The third-order valence-corrected chi connectivity index (χ3v) is 3.19. The Morgan fingerprint density at radius 2 is 1.88 bits per heavy atom. The fraction of sp³-hybridized carbons (Fsp3) is 0.0714. The van der Waals surface area contributed by atoms with Gasteiger partial charge in [0.15, 0.2) is 0 Å². The van der Waals surface area contributed by atoms with E-state index in [1.165, 1.54) is 0 Å². The Balaban J connectivity index is 2.69. The SMILES string of the molecule is Cc1ccc(Cl)c2c(=O)c3ccccc3oc12. The summed E-state index contributed by atoms with van der Waals surface area (Å²) in [5.74, 6) is 0. The van der Waals surface area contributed by atoms with Crippen LogP contribution in [0, 0.1) is 6.92 Å².